The van der Waals surface area contributed by atoms with Crippen LogP contribution in [0.25, 0.3) is 40.0 Å². The number of fused-ring (bicyclic) bond motifs is 1. The molecular weight excluding hydrogens is 504 g/mol. The fourth-order valence-electron chi connectivity index (χ4n) is 3.69. The molecule has 5 aromatic rings. The average molecular weight is 527 g/mol. The maximum atomic E-state index is 12.3. The zero-order chi connectivity index (χ0) is 24.4. The van der Waals surface area contributed by atoms with Crippen molar-refractivity contribution in [1.29, 1.82) is 0 Å². The number of furan rings is 1. The van der Waals surface area contributed by atoms with Gasteiger partial charge in [-0.3, -0.25) is 4.79 Å². The van der Waals surface area contributed by atoms with Crippen molar-refractivity contribution in [3.8, 4) is 22.8 Å². The predicted octanol–water partition coefficient (Wildman–Crippen LogP) is 7.46. The number of amides is 1. The first-order valence-corrected chi connectivity index (χ1v) is 12.0. The van der Waals surface area contributed by atoms with Gasteiger partial charge in [-0.25, -0.2) is 4.98 Å². The van der Waals surface area contributed by atoms with E-state index >= 15 is 0 Å². The molecule has 0 fully saturated rings. The second-order valence-electron chi connectivity index (χ2n) is 8.38. The highest BCUT2D eigenvalue weighted by atomic mass is 79.9. The monoisotopic (exact) mass is 526 g/mol. The molecule has 35 heavy (non-hydrogen) atoms. The topological polar surface area (TPSA) is 68.3 Å². The lowest BCUT2D eigenvalue weighted by atomic mass is 10.1. The van der Waals surface area contributed by atoms with Crippen LogP contribution in [0, 0.1) is 13.8 Å². The third-order valence-corrected chi connectivity index (χ3v) is 6.35. The fourth-order valence-corrected chi connectivity index (χ4v) is 3.95. The zero-order valence-corrected chi connectivity index (χ0v) is 20.9. The van der Waals surface area contributed by atoms with Crippen LogP contribution in [0.15, 0.2) is 92.2 Å². The molecule has 0 atom stereocenters. The van der Waals surface area contributed by atoms with Crippen molar-refractivity contribution in [2.24, 2.45) is 0 Å². The van der Waals surface area contributed by atoms with E-state index < -0.39 is 0 Å². The maximum Gasteiger partial charge on any atom is 0.244 e. The molecule has 0 aliphatic heterocycles. The molecule has 6 heteroatoms. The van der Waals surface area contributed by atoms with Crippen molar-refractivity contribution in [2.75, 3.05) is 0 Å². The minimum Gasteiger partial charge on any atom is -0.457 e. The number of hydrogen-bond donors (Lipinski definition) is 1. The zero-order valence-electron chi connectivity index (χ0n) is 19.3. The van der Waals surface area contributed by atoms with Crippen LogP contribution in [0.4, 0.5) is 0 Å². The minimum atomic E-state index is -0.194. The van der Waals surface area contributed by atoms with E-state index in [1.807, 2.05) is 72.8 Å². The number of oxazole rings is 1. The van der Waals surface area contributed by atoms with Crippen molar-refractivity contribution < 1.29 is 13.6 Å². The number of benzene rings is 3. The smallest absolute Gasteiger partial charge is 0.244 e. The number of hydrogen-bond acceptors (Lipinski definition) is 4. The molecule has 0 bridgehead atoms. The molecule has 174 valence electrons. The van der Waals surface area contributed by atoms with Crippen LogP contribution in [-0.2, 0) is 11.3 Å². The van der Waals surface area contributed by atoms with E-state index in [4.69, 9.17) is 8.83 Å². The Balaban J connectivity index is 1.18. The molecule has 0 aliphatic carbocycles. The molecule has 3 aromatic carbocycles. The number of halogens is 1. The van der Waals surface area contributed by atoms with E-state index in [1.165, 1.54) is 17.2 Å². The summed E-state index contributed by atoms with van der Waals surface area (Å²) in [4.78, 5) is 16.9. The SMILES string of the molecule is Cc1cc2nc(-c3ccc(CNC(=O)/C=C/c4ccc(-c5ccc(Br)cc5)o4)cc3)oc2cc1C. The molecule has 5 rings (SSSR count). The van der Waals surface area contributed by atoms with Crippen LogP contribution in [0.3, 0.4) is 0 Å². The van der Waals surface area contributed by atoms with E-state index in [9.17, 15) is 4.79 Å². The second kappa shape index (κ2) is 9.76. The van der Waals surface area contributed by atoms with Gasteiger partial charge in [0.25, 0.3) is 0 Å². The number of carbonyl (C=O) groups is 1. The molecule has 5 nitrogen and oxygen atoms in total. The number of aromatic nitrogens is 1. The summed E-state index contributed by atoms with van der Waals surface area (Å²) in [6, 6.07) is 23.5. The summed E-state index contributed by atoms with van der Waals surface area (Å²) in [5.41, 5.74) is 6.86. The van der Waals surface area contributed by atoms with Gasteiger partial charge in [-0.05, 0) is 85.1 Å². The van der Waals surface area contributed by atoms with Crippen LogP contribution in [0.1, 0.15) is 22.5 Å². The number of nitrogens with one attached hydrogen (secondary N) is 1. The highest BCUT2D eigenvalue weighted by Crippen LogP contribution is 2.27. The summed E-state index contributed by atoms with van der Waals surface area (Å²) >= 11 is 3.43. The van der Waals surface area contributed by atoms with Gasteiger partial charge in [0.2, 0.25) is 11.8 Å². The van der Waals surface area contributed by atoms with Crippen molar-refractivity contribution in [3.05, 3.63) is 106 Å². The van der Waals surface area contributed by atoms with Gasteiger partial charge in [0, 0.05) is 28.2 Å². The van der Waals surface area contributed by atoms with Crippen molar-refractivity contribution in [1.82, 2.24) is 10.3 Å². The number of carbonyl (C=O) groups excluding carboxylic acids is 1. The van der Waals surface area contributed by atoms with Crippen LogP contribution < -0.4 is 5.32 Å². The van der Waals surface area contributed by atoms with Gasteiger partial charge in [0.05, 0.1) is 0 Å². The molecule has 0 radical (unpaired) electrons. The molecule has 2 aromatic heterocycles. The van der Waals surface area contributed by atoms with Crippen LogP contribution in [0.5, 0.6) is 0 Å². The molecule has 0 unspecified atom stereocenters. The number of nitrogens with zero attached hydrogens (tertiary/aromatic N) is 1. The summed E-state index contributed by atoms with van der Waals surface area (Å²) in [5, 5.41) is 2.90. The highest BCUT2D eigenvalue weighted by Gasteiger charge is 2.10. The second-order valence-corrected chi connectivity index (χ2v) is 9.30. The quantitative estimate of drug-likeness (QED) is 0.233. The summed E-state index contributed by atoms with van der Waals surface area (Å²) in [5.74, 6) is 1.76. The standard InChI is InChI=1S/C29H23BrN2O3/c1-18-15-25-27(16-19(18)2)35-29(32-25)22-5-3-20(4-6-22)17-31-28(33)14-12-24-11-13-26(34-24)21-7-9-23(30)10-8-21/h3-16H,17H2,1-2H3,(H,31,33)/b14-12+. The molecular formula is C29H23BrN2O3. The Bertz CT molecular complexity index is 1490. The minimum absolute atomic E-state index is 0.194. The maximum absolute atomic E-state index is 12.3. The Labute approximate surface area is 211 Å². The Morgan fingerprint density at radius 1 is 0.914 bits per heavy atom. The summed E-state index contributed by atoms with van der Waals surface area (Å²) in [6.45, 7) is 4.54. The lowest BCUT2D eigenvalue weighted by molar-refractivity contribution is -0.116. The van der Waals surface area contributed by atoms with Gasteiger partial charge in [0.1, 0.15) is 17.0 Å². The first-order chi connectivity index (χ1) is 16.9. The first-order valence-electron chi connectivity index (χ1n) is 11.2. The van der Waals surface area contributed by atoms with Gasteiger partial charge in [-0.15, -0.1) is 0 Å². The third-order valence-electron chi connectivity index (χ3n) is 5.83. The van der Waals surface area contributed by atoms with Gasteiger partial charge in [0.15, 0.2) is 5.58 Å². The van der Waals surface area contributed by atoms with E-state index in [1.54, 1.807) is 6.08 Å². The summed E-state index contributed by atoms with van der Waals surface area (Å²) < 4.78 is 12.8. The van der Waals surface area contributed by atoms with Crippen molar-refractivity contribution in [3.63, 3.8) is 0 Å². The Kier molecular flexibility index (Phi) is 6.38. The molecule has 0 spiro atoms. The van der Waals surface area contributed by atoms with E-state index in [0.29, 0.717) is 18.2 Å². The number of rotatable bonds is 6. The van der Waals surface area contributed by atoms with Gasteiger partial charge >= 0.3 is 0 Å². The first kappa shape index (κ1) is 22.9. The average Bonchev–Trinajstić information content (AvgIpc) is 3.50. The molecule has 0 saturated heterocycles. The largest absolute Gasteiger partial charge is 0.457 e. The predicted molar refractivity (Wildman–Crippen MR) is 142 cm³/mol. The molecule has 1 N–H and O–H groups in total. The van der Waals surface area contributed by atoms with Gasteiger partial charge in [-0.1, -0.05) is 40.2 Å². The van der Waals surface area contributed by atoms with Gasteiger partial charge in [-0.2, -0.15) is 0 Å². The van der Waals surface area contributed by atoms with Crippen molar-refractivity contribution >= 4 is 39.0 Å². The van der Waals surface area contributed by atoms with E-state index in [0.717, 1.165) is 38.0 Å². The lowest BCUT2D eigenvalue weighted by Crippen LogP contribution is -2.20. The molecule has 0 aliphatic rings. The normalized spacial score (nSPS) is 11.4. The van der Waals surface area contributed by atoms with Crippen molar-refractivity contribution in [2.45, 2.75) is 20.4 Å². The Morgan fingerprint density at radius 3 is 2.40 bits per heavy atom. The van der Waals surface area contributed by atoms with Crippen LogP contribution in [0.2, 0.25) is 0 Å². The molecule has 0 saturated carbocycles. The molecule has 1 amide bonds. The van der Waals surface area contributed by atoms with Crippen LogP contribution >= 0.6 is 15.9 Å². The third kappa shape index (κ3) is 5.28. The Morgan fingerprint density at radius 2 is 1.63 bits per heavy atom. The Hall–Kier alpha value is -3.90. The summed E-state index contributed by atoms with van der Waals surface area (Å²) in [7, 11) is 0. The van der Waals surface area contributed by atoms with E-state index in [2.05, 4.69) is 40.1 Å². The highest BCUT2D eigenvalue weighted by molar-refractivity contribution is 9.10. The van der Waals surface area contributed by atoms with Gasteiger partial charge < -0.3 is 14.2 Å². The summed E-state index contributed by atoms with van der Waals surface area (Å²) in [6.07, 6.45) is 3.14. The number of aryl methyl sites for hydroxylation is 2. The van der Waals surface area contributed by atoms with E-state index in [-0.39, 0.29) is 5.91 Å². The lowest BCUT2D eigenvalue weighted by Gasteiger charge is -2.03. The fraction of sp³-hybridized carbons (Fsp3) is 0.103. The molecule has 2 heterocycles. The van der Waals surface area contributed by atoms with Crippen LogP contribution in [-0.4, -0.2) is 10.9 Å².